The van der Waals surface area contributed by atoms with Gasteiger partial charge in [-0.2, -0.15) is 0 Å². The summed E-state index contributed by atoms with van der Waals surface area (Å²) in [6.07, 6.45) is 5.18. The average molecular weight is 311 g/mol. The number of benzene rings is 1. The summed E-state index contributed by atoms with van der Waals surface area (Å²) in [5.41, 5.74) is 1.11. The van der Waals surface area contributed by atoms with E-state index in [-0.39, 0.29) is 10.8 Å². The summed E-state index contributed by atoms with van der Waals surface area (Å²) < 4.78 is 13.3. The largest absolute Gasteiger partial charge is 0.298 e. The molecule has 0 aromatic heterocycles. The van der Waals surface area contributed by atoms with E-state index in [2.05, 4.69) is 16.7 Å². The van der Waals surface area contributed by atoms with E-state index in [1.54, 1.807) is 6.07 Å². The van der Waals surface area contributed by atoms with Crippen LogP contribution in [0.1, 0.15) is 38.2 Å². The first kappa shape index (κ1) is 15.3. The van der Waals surface area contributed by atoms with Gasteiger partial charge in [0.15, 0.2) is 0 Å². The van der Waals surface area contributed by atoms with Crippen LogP contribution in [0.4, 0.5) is 4.39 Å². The Kier molecular flexibility index (Phi) is 4.82. The monoisotopic (exact) mass is 310 g/mol. The molecule has 4 heteroatoms. The first-order valence-electron chi connectivity index (χ1n) is 8.09. The lowest BCUT2D eigenvalue weighted by atomic mass is 9.95. The average Bonchev–Trinajstić information content (AvgIpc) is 2.50. The van der Waals surface area contributed by atoms with Gasteiger partial charge in [0.1, 0.15) is 5.82 Å². The third-order valence-corrected chi connectivity index (χ3v) is 5.29. The number of hydrogen-bond donors (Lipinski definition) is 0. The molecule has 3 rings (SSSR count). The van der Waals surface area contributed by atoms with E-state index in [1.165, 1.54) is 38.4 Å². The number of halogens is 2. The molecule has 2 atom stereocenters. The quantitative estimate of drug-likeness (QED) is 0.834. The Morgan fingerprint density at radius 3 is 2.90 bits per heavy atom. The molecule has 0 saturated carbocycles. The lowest BCUT2D eigenvalue weighted by molar-refractivity contribution is 0.00327. The van der Waals surface area contributed by atoms with Crippen LogP contribution in [0.3, 0.4) is 0 Å². The maximum atomic E-state index is 13.3. The van der Waals surface area contributed by atoms with Crippen LogP contribution in [0, 0.1) is 5.82 Å². The Hall–Kier alpha value is -0.640. The van der Waals surface area contributed by atoms with Crippen molar-refractivity contribution in [2.24, 2.45) is 0 Å². The zero-order valence-corrected chi connectivity index (χ0v) is 13.4. The van der Waals surface area contributed by atoms with E-state index in [9.17, 15) is 4.39 Å². The molecule has 2 unspecified atom stereocenters. The molecule has 0 aliphatic carbocycles. The van der Waals surface area contributed by atoms with Crippen molar-refractivity contribution in [2.45, 2.75) is 51.2 Å². The molecular weight excluding hydrogens is 287 g/mol. The summed E-state index contributed by atoms with van der Waals surface area (Å²) >= 11 is 5.91. The van der Waals surface area contributed by atoms with Crippen LogP contribution in [-0.4, -0.2) is 41.5 Å². The van der Waals surface area contributed by atoms with Crippen molar-refractivity contribution in [1.82, 2.24) is 9.80 Å². The predicted molar refractivity (Wildman–Crippen MR) is 85.1 cm³/mol. The second-order valence-electron chi connectivity index (χ2n) is 6.38. The van der Waals surface area contributed by atoms with E-state index < -0.39 is 0 Å². The summed E-state index contributed by atoms with van der Waals surface area (Å²) in [4.78, 5) is 5.24. The molecule has 2 aliphatic rings. The van der Waals surface area contributed by atoms with E-state index in [0.29, 0.717) is 12.1 Å². The van der Waals surface area contributed by atoms with Crippen molar-refractivity contribution >= 4 is 11.6 Å². The minimum absolute atomic E-state index is 0.233. The number of nitrogens with zero attached hydrogens (tertiary/aromatic N) is 2. The number of hydrogen-bond acceptors (Lipinski definition) is 2. The highest BCUT2D eigenvalue weighted by molar-refractivity contribution is 6.30. The van der Waals surface area contributed by atoms with Crippen molar-refractivity contribution in [3.63, 3.8) is 0 Å². The summed E-state index contributed by atoms with van der Waals surface area (Å²) in [5, 5.41) is 0.233. The van der Waals surface area contributed by atoms with Gasteiger partial charge in [0.05, 0.1) is 5.02 Å². The second-order valence-corrected chi connectivity index (χ2v) is 6.79. The van der Waals surface area contributed by atoms with Gasteiger partial charge in [-0.25, -0.2) is 4.39 Å². The highest BCUT2D eigenvalue weighted by atomic mass is 35.5. The van der Waals surface area contributed by atoms with Crippen LogP contribution >= 0.6 is 11.6 Å². The van der Waals surface area contributed by atoms with Crippen LogP contribution < -0.4 is 0 Å². The van der Waals surface area contributed by atoms with Crippen molar-refractivity contribution in [3.05, 3.63) is 34.6 Å². The molecule has 0 N–H and O–H groups in total. The van der Waals surface area contributed by atoms with Gasteiger partial charge in [0.25, 0.3) is 0 Å². The summed E-state index contributed by atoms with van der Waals surface area (Å²) in [6, 6.07) is 6.42. The Bertz CT molecular complexity index is 494. The molecule has 0 radical (unpaired) electrons. The molecule has 0 amide bonds. The van der Waals surface area contributed by atoms with Gasteiger partial charge < -0.3 is 0 Å². The molecule has 2 saturated heterocycles. The van der Waals surface area contributed by atoms with Gasteiger partial charge in [-0.3, -0.25) is 9.80 Å². The number of rotatable bonds is 3. The fourth-order valence-electron chi connectivity index (χ4n) is 3.77. The number of fused-ring (bicyclic) bond motifs is 1. The van der Waals surface area contributed by atoms with Gasteiger partial charge >= 0.3 is 0 Å². The number of piperidine rings is 1. The summed E-state index contributed by atoms with van der Waals surface area (Å²) in [7, 11) is 0. The molecule has 116 valence electrons. The van der Waals surface area contributed by atoms with Crippen LogP contribution in [-0.2, 0) is 6.54 Å². The van der Waals surface area contributed by atoms with E-state index in [0.717, 1.165) is 25.1 Å². The van der Waals surface area contributed by atoms with Gasteiger partial charge in [-0.1, -0.05) is 31.0 Å². The van der Waals surface area contributed by atoms with E-state index >= 15 is 0 Å². The van der Waals surface area contributed by atoms with Crippen LogP contribution in [0.15, 0.2) is 18.2 Å². The van der Waals surface area contributed by atoms with E-state index in [4.69, 9.17) is 11.6 Å². The third-order valence-electron chi connectivity index (χ3n) is 5.00. The Labute approximate surface area is 131 Å². The van der Waals surface area contributed by atoms with Gasteiger partial charge in [0, 0.05) is 31.7 Å². The molecule has 1 aromatic carbocycles. The molecule has 2 fully saturated rings. The Morgan fingerprint density at radius 1 is 1.29 bits per heavy atom. The first-order valence-corrected chi connectivity index (χ1v) is 8.47. The maximum absolute atomic E-state index is 13.3. The van der Waals surface area contributed by atoms with Crippen molar-refractivity contribution in [1.29, 1.82) is 0 Å². The van der Waals surface area contributed by atoms with Crippen LogP contribution in [0.5, 0.6) is 0 Å². The molecule has 1 aromatic rings. The van der Waals surface area contributed by atoms with Gasteiger partial charge in [0.2, 0.25) is 0 Å². The fraction of sp³-hybridized carbons (Fsp3) is 0.647. The Balaban J connectivity index is 1.71. The zero-order valence-electron chi connectivity index (χ0n) is 12.7. The number of piperazine rings is 1. The minimum atomic E-state index is -0.329. The molecular formula is C17H24ClFN2. The summed E-state index contributed by atoms with van der Waals surface area (Å²) in [6.45, 7) is 6.71. The van der Waals surface area contributed by atoms with Crippen molar-refractivity contribution in [3.8, 4) is 0 Å². The fourth-order valence-corrected chi connectivity index (χ4v) is 3.97. The lowest BCUT2D eigenvalue weighted by Crippen LogP contribution is -2.58. The topological polar surface area (TPSA) is 6.48 Å². The smallest absolute Gasteiger partial charge is 0.141 e. The molecule has 2 aliphatic heterocycles. The highest BCUT2D eigenvalue weighted by Gasteiger charge is 2.33. The third kappa shape index (κ3) is 3.41. The second kappa shape index (κ2) is 6.64. The lowest BCUT2D eigenvalue weighted by Gasteiger charge is -2.48. The SMILES string of the molecule is CCC1CN2CCCCC2CN1Cc1ccc(F)c(Cl)c1. The van der Waals surface area contributed by atoms with Crippen molar-refractivity contribution < 1.29 is 4.39 Å². The molecule has 2 nitrogen and oxygen atoms in total. The molecule has 21 heavy (non-hydrogen) atoms. The van der Waals surface area contributed by atoms with Crippen LogP contribution in [0.2, 0.25) is 5.02 Å². The van der Waals surface area contributed by atoms with E-state index in [1.807, 2.05) is 6.07 Å². The predicted octanol–water partition coefficient (Wildman–Crippen LogP) is 3.93. The van der Waals surface area contributed by atoms with Crippen LogP contribution in [0.25, 0.3) is 0 Å². The molecule has 0 bridgehead atoms. The molecule has 2 heterocycles. The summed E-state index contributed by atoms with van der Waals surface area (Å²) in [5.74, 6) is -0.329. The first-order chi connectivity index (χ1) is 10.2. The Morgan fingerprint density at radius 2 is 2.14 bits per heavy atom. The zero-order chi connectivity index (χ0) is 14.8. The van der Waals surface area contributed by atoms with Gasteiger partial charge in [-0.05, 0) is 43.5 Å². The van der Waals surface area contributed by atoms with Crippen molar-refractivity contribution in [2.75, 3.05) is 19.6 Å². The minimum Gasteiger partial charge on any atom is -0.298 e. The van der Waals surface area contributed by atoms with Gasteiger partial charge in [-0.15, -0.1) is 0 Å². The normalized spacial score (nSPS) is 27.6. The maximum Gasteiger partial charge on any atom is 0.141 e. The molecule has 0 spiro atoms. The highest BCUT2D eigenvalue weighted by Crippen LogP contribution is 2.27. The standard InChI is InChI=1S/C17H24ClFN2/c1-2-14-11-20-8-4-3-5-15(20)12-21(14)10-13-6-7-17(19)16(18)9-13/h6-7,9,14-15H,2-5,8,10-12H2,1H3.